The summed E-state index contributed by atoms with van der Waals surface area (Å²) >= 11 is 0. The van der Waals surface area contributed by atoms with E-state index in [0.29, 0.717) is 6.54 Å². The number of likely N-dealkylation sites (N-methyl/N-ethyl adjacent to an activating group) is 1. The third kappa shape index (κ3) is 4.88. The van der Waals surface area contributed by atoms with E-state index in [4.69, 9.17) is 0 Å². The minimum atomic E-state index is -0.221. The number of hydrogen-bond acceptors (Lipinski definition) is 2. The SMILES string of the molecule is CCc1ccc(CC(C)(C)NC(=O)CNC)cc1. The van der Waals surface area contributed by atoms with Gasteiger partial charge >= 0.3 is 0 Å². The molecule has 0 aliphatic heterocycles. The largest absolute Gasteiger partial charge is 0.350 e. The number of carbonyl (C=O) groups excluding carboxylic acids is 1. The van der Waals surface area contributed by atoms with E-state index < -0.39 is 0 Å². The van der Waals surface area contributed by atoms with Crippen molar-refractivity contribution in [3.05, 3.63) is 35.4 Å². The van der Waals surface area contributed by atoms with E-state index in [2.05, 4.69) is 41.8 Å². The second-order valence-electron chi connectivity index (χ2n) is 5.31. The molecule has 1 aromatic rings. The summed E-state index contributed by atoms with van der Waals surface area (Å²) in [5, 5.41) is 5.89. The average molecular weight is 248 g/mol. The van der Waals surface area contributed by atoms with Crippen LogP contribution in [-0.4, -0.2) is 25.0 Å². The molecule has 0 spiro atoms. The Balaban J connectivity index is 2.60. The Morgan fingerprint density at radius 3 is 2.22 bits per heavy atom. The fraction of sp³-hybridized carbons (Fsp3) is 0.533. The lowest BCUT2D eigenvalue weighted by molar-refractivity contribution is -0.121. The molecule has 0 unspecified atom stereocenters. The highest BCUT2D eigenvalue weighted by Crippen LogP contribution is 2.13. The molecule has 0 atom stereocenters. The van der Waals surface area contributed by atoms with E-state index in [1.807, 2.05) is 13.8 Å². The van der Waals surface area contributed by atoms with Gasteiger partial charge in [0, 0.05) is 5.54 Å². The van der Waals surface area contributed by atoms with Crippen molar-refractivity contribution < 1.29 is 4.79 Å². The van der Waals surface area contributed by atoms with Gasteiger partial charge < -0.3 is 10.6 Å². The number of amides is 1. The maximum Gasteiger partial charge on any atom is 0.234 e. The van der Waals surface area contributed by atoms with E-state index in [-0.39, 0.29) is 11.4 Å². The Hall–Kier alpha value is -1.35. The van der Waals surface area contributed by atoms with Gasteiger partial charge in [-0.15, -0.1) is 0 Å². The Kier molecular flexibility index (Phi) is 5.35. The summed E-state index contributed by atoms with van der Waals surface area (Å²) < 4.78 is 0. The van der Waals surface area contributed by atoms with Crippen LogP contribution in [0.5, 0.6) is 0 Å². The molecule has 0 aliphatic rings. The molecular weight excluding hydrogens is 224 g/mol. The minimum absolute atomic E-state index is 0.0349. The van der Waals surface area contributed by atoms with Crippen LogP contribution in [0.3, 0.4) is 0 Å². The summed E-state index contributed by atoms with van der Waals surface area (Å²) in [6, 6.07) is 8.59. The van der Waals surface area contributed by atoms with Crippen molar-refractivity contribution >= 4 is 5.91 Å². The highest BCUT2D eigenvalue weighted by molar-refractivity contribution is 5.78. The predicted octanol–water partition coefficient (Wildman–Crippen LogP) is 1.91. The number of nitrogens with one attached hydrogen (secondary N) is 2. The summed E-state index contributed by atoms with van der Waals surface area (Å²) in [6.07, 6.45) is 1.90. The molecule has 3 heteroatoms. The van der Waals surface area contributed by atoms with Gasteiger partial charge in [0.2, 0.25) is 5.91 Å². The van der Waals surface area contributed by atoms with Crippen molar-refractivity contribution in [3.63, 3.8) is 0 Å². The molecule has 0 radical (unpaired) electrons. The molecule has 1 amide bonds. The predicted molar refractivity (Wildman–Crippen MR) is 75.7 cm³/mol. The van der Waals surface area contributed by atoms with E-state index in [9.17, 15) is 4.79 Å². The van der Waals surface area contributed by atoms with Crippen LogP contribution in [0.4, 0.5) is 0 Å². The molecule has 18 heavy (non-hydrogen) atoms. The van der Waals surface area contributed by atoms with Crippen molar-refractivity contribution in [2.45, 2.75) is 39.2 Å². The van der Waals surface area contributed by atoms with Gasteiger partial charge in [0.25, 0.3) is 0 Å². The fourth-order valence-electron chi connectivity index (χ4n) is 2.03. The number of carbonyl (C=O) groups is 1. The van der Waals surface area contributed by atoms with E-state index in [1.54, 1.807) is 7.05 Å². The molecule has 0 saturated heterocycles. The number of aryl methyl sites for hydroxylation is 1. The highest BCUT2D eigenvalue weighted by atomic mass is 16.2. The lowest BCUT2D eigenvalue weighted by Gasteiger charge is -2.26. The summed E-state index contributed by atoms with van der Waals surface area (Å²) in [7, 11) is 1.77. The molecule has 0 fully saturated rings. The molecule has 2 N–H and O–H groups in total. The van der Waals surface area contributed by atoms with E-state index >= 15 is 0 Å². The van der Waals surface area contributed by atoms with Gasteiger partial charge in [-0.05, 0) is 44.9 Å². The van der Waals surface area contributed by atoms with Crippen LogP contribution in [0.1, 0.15) is 31.9 Å². The van der Waals surface area contributed by atoms with Gasteiger partial charge in [-0.3, -0.25) is 4.79 Å². The fourth-order valence-corrected chi connectivity index (χ4v) is 2.03. The number of rotatable bonds is 6. The Bertz CT molecular complexity index is 382. The molecule has 0 bridgehead atoms. The molecule has 0 saturated carbocycles. The van der Waals surface area contributed by atoms with Crippen LogP contribution in [-0.2, 0) is 17.6 Å². The molecule has 3 nitrogen and oxygen atoms in total. The topological polar surface area (TPSA) is 41.1 Å². The Labute approximate surface area is 110 Å². The molecule has 0 aromatic heterocycles. The molecule has 100 valence electrons. The zero-order chi connectivity index (χ0) is 13.6. The monoisotopic (exact) mass is 248 g/mol. The van der Waals surface area contributed by atoms with Crippen molar-refractivity contribution in [3.8, 4) is 0 Å². The summed E-state index contributed by atoms with van der Waals surface area (Å²) in [5.74, 6) is 0.0349. The lowest BCUT2D eigenvalue weighted by Crippen LogP contribution is -2.47. The van der Waals surface area contributed by atoms with Crippen molar-refractivity contribution in [2.24, 2.45) is 0 Å². The second kappa shape index (κ2) is 6.55. The smallest absolute Gasteiger partial charge is 0.234 e. The molecule has 1 rings (SSSR count). The third-order valence-electron chi connectivity index (χ3n) is 2.89. The van der Waals surface area contributed by atoms with Crippen LogP contribution >= 0.6 is 0 Å². The van der Waals surface area contributed by atoms with Gasteiger partial charge in [0.15, 0.2) is 0 Å². The Morgan fingerprint density at radius 2 is 1.72 bits per heavy atom. The lowest BCUT2D eigenvalue weighted by atomic mass is 9.94. The van der Waals surface area contributed by atoms with Crippen molar-refractivity contribution in [1.29, 1.82) is 0 Å². The highest BCUT2D eigenvalue weighted by Gasteiger charge is 2.20. The van der Waals surface area contributed by atoms with Gasteiger partial charge in [-0.2, -0.15) is 0 Å². The molecule has 0 heterocycles. The van der Waals surface area contributed by atoms with Crippen LogP contribution in [0.25, 0.3) is 0 Å². The summed E-state index contributed by atoms with van der Waals surface area (Å²) in [5.41, 5.74) is 2.37. The molecular formula is C15H24N2O. The molecule has 1 aromatic carbocycles. The first-order valence-corrected chi connectivity index (χ1v) is 6.50. The second-order valence-corrected chi connectivity index (χ2v) is 5.31. The normalized spacial score (nSPS) is 11.3. The third-order valence-corrected chi connectivity index (χ3v) is 2.89. The number of benzene rings is 1. The van der Waals surface area contributed by atoms with Crippen LogP contribution in [0.15, 0.2) is 24.3 Å². The van der Waals surface area contributed by atoms with E-state index in [1.165, 1.54) is 11.1 Å². The maximum absolute atomic E-state index is 11.6. The maximum atomic E-state index is 11.6. The Morgan fingerprint density at radius 1 is 1.17 bits per heavy atom. The zero-order valence-corrected chi connectivity index (χ0v) is 11.8. The van der Waals surface area contributed by atoms with Crippen molar-refractivity contribution in [1.82, 2.24) is 10.6 Å². The van der Waals surface area contributed by atoms with Gasteiger partial charge in [-0.25, -0.2) is 0 Å². The van der Waals surface area contributed by atoms with Gasteiger partial charge in [-0.1, -0.05) is 31.2 Å². The molecule has 0 aliphatic carbocycles. The summed E-state index contributed by atoms with van der Waals surface area (Å²) in [4.78, 5) is 11.6. The van der Waals surface area contributed by atoms with Crippen LogP contribution < -0.4 is 10.6 Å². The first-order valence-electron chi connectivity index (χ1n) is 6.50. The quantitative estimate of drug-likeness (QED) is 0.807. The summed E-state index contributed by atoms with van der Waals surface area (Å²) in [6.45, 7) is 6.61. The first-order chi connectivity index (χ1) is 8.46. The van der Waals surface area contributed by atoms with E-state index in [0.717, 1.165) is 12.8 Å². The minimum Gasteiger partial charge on any atom is -0.350 e. The average Bonchev–Trinajstić information content (AvgIpc) is 2.29. The first kappa shape index (κ1) is 14.7. The van der Waals surface area contributed by atoms with Gasteiger partial charge in [0.05, 0.1) is 6.54 Å². The number of hydrogen-bond donors (Lipinski definition) is 2. The van der Waals surface area contributed by atoms with Gasteiger partial charge in [0.1, 0.15) is 0 Å². The zero-order valence-electron chi connectivity index (χ0n) is 11.8. The standard InChI is InChI=1S/C15H24N2O/c1-5-12-6-8-13(9-7-12)10-15(2,3)17-14(18)11-16-4/h6-9,16H,5,10-11H2,1-4H3,(H,17,18). The van der Waals surface area contributed by atoms with Crippen LogP contribution in [0, 0.1) is 0 Å². The van der Waals surface area contributed by atoms with Crippen LogP contribution in [0.2, 0.25) is 0 Å². The van der Waals surface area contributed by atoms with Crippen molar-refractivity contribution in [2.75, 3.05) is 13.6 Å².